The second kappa shape index (κ2) is 7.00. The number of hydrogen-bond acceptors (Lipinski definition) is 3. The minimum atomic E-state index is -0.296. The van der Waals surface area contributed by atoms with Crippen LogP contribution in [0.4, 0.5) is 0 Å². The molecule has 0 bridgehead atoms. The van der Waals surface area contributed by atoms with Crippen molar-refractivity contribution in [2.45, 2.75) is 13.8 Å². The predicted octanol–water partition coefficient (Wildman–Crippen LogP) is 3.31. The molecule has 2 aromatic carbocycles. The fourth-order valence-electron chi connectivity index (χ4n) is 2.59. The lowest BCUT2D eigenvalue weighted by Gasteiger charge is -2.10. The Balaban J connectivity index is 1.59. The molecule has 0 saturated heterocycles. The standard InChI is InChI=1S/C19H19N3O2/c1-13-5-3-6-14(2)19(13)24-12-18(23)22-21-11-15-7-4-8-17-16(15)9-10-20-17/h3-11,20H,12H2,1-2H3,(H,22,23). The lowest BCUT2D eigenvalue weighted by atomic mass is 10.1. The highest BCUT2D eigenvalue weighted by Gasteiger charge is 2.06. The molecule has 5 nitrogen and oxygen atoms in total. The molecule has 5 heteroatoms. The average molecular weight is 321 g/mol. The number of aromatic nitrogens is 1. The predicted molar refractivity (Wildman–Crippen MR) is 95.4 cm³/mol. The van der Waals surface area contributed by atoms with Gasteiger partial charge in [-0.3, -0.25) is 4.79 Å². The zero-order chi connectivity index (χ0) is 16.9. The molecule has 0 spiro atoms. The Kier molecular flexibility index (Phi) is 4.61. The highest BCUT2D eigenvalue weighted by molar-refractivity contribution is 5.98. The van der Waals surface area contributed by atoms with Gasteiger partial charge in [0.1, 0.15) is 5.75 Å². The Morgan fingerprint density at radius 3 is 2.71 bits per heavy atom. The SMILES string of the molecule is Cc1cccc(C)c1OCC(=O)NN=Cc1cccc2[nH]ccc12. The summed E-state index contributed by atoms with van der Waals surface area (Å²) in [7, 11) is 0. The van der Waals surface area contributed by atoms with Crippen molar-refractivity contribution < 1.29 is 9.53 Å². The first-order chi connectivity index (χ1) is 11.6. The van der Waals surface area contributed by atoms with Gasteiger partial charge in [0.2, 0.25) is 0 Å². The van der Waals surface area contributed by atoms with Crippen LogP contribution in [-0.2, 0) is 4.79 Å². The fourth-order valence-corrected chi connectivity index (χ4v) is 2.59. The molecule has 3 rings (SSSR count). The summed E-state index contributed by atoms with van der Waals surface area (Å²) >= 11 is 0. The van der Waals surface area contributed by atoms with E-state index in [9.17, 15) is 4.79 Å². The zero-order valence-corrected chi connectivity index (χ0v) is 13.7. The fraction of sp³-hybridized carbons (Fsp3) is 0.158. The number of ether oxygens (including phenoxy) is 1. The number of fused-ring (bicyclic) bond motifs is 1. The van der Waals surface area contributed by atoms with Crippen molar-refractivity contribution >= 4 is 23.0 Å². The Hall–Kier alpha value is -3.08. The number of amides is 1. The third kappa shape index (κ3) is 3.46. The van der Waals surface area contributed by atoms with Gasteiger partial charge in [-0.1, -0.05) is 30.3 Å². The van der Waals surface area contributed by atoms with Gasteiger partial charge in [0, 0.05) is 22.7 Å². The summed E-state index contributed by atoms with van der Waals surface area (Å²) in [6.45, 7) is 3.84. The van der Waals surface area contributed by atoms with E-state index in [-0.39, 0.29) is 12.5 Å². The molecule has 0 saturated carbocycles. The monoisotopic (exact) mass is 321 g/mol. The van der Waals surface area contributed by atoms with Gasteiger partial charge >= 0.3 is 0 Å². The van der Waals surface area contributed by atoms with E-state index in [0.717, 1.165) is 33.3 Å². The smallest absolute Gasteiger partial charge is 0.277 e. The van der Waals surface area contributed by atoms with Crippen molar-refractivity contribution in [2.24, 2.45) is 5.10 Å². The van der Waals surface area contributed by atoms with E-state index in [1.54, 1.807) is 6.21 Å². The zero-order valence-electron chi connectivity index (χ0n) is 13.7. The van der Waals surface area contributed by atoms with Crippen LogP contribution in [0.5, 0.6) is 5.75 Å². The van der Waals surface area contributed by atoms with Crippen molar-refractivity contribution in [1.29, 1.82) is 0 Å². The maximum atomic E-state index is 11.9. The number of hydrazone groups is 1. The summed E-state index contributed by atoms with van der Waals surface area (Å²) < 4.78 is 5.60. The van der Waals surface area contributed by atoms with Gasteiger partial charge in [-0.05, 0) is 37.1 Å². The number of carbonyl (C=O) groups is 1. The average Bonchev–Trinajstić information content (AvgIpc) is 3.04. The van der Waals surface area contributed by atoms with E-state index in [4.69, 9.17) is 4.74 Å². The van der Waals surface area contributed by atoms with Crippen LogP contribution in [-0.4, -0.2) is 23.7 Å². The minimum Gasteiger partial charge on any atom is -0.483 e. The highest BCUT2D eigenvalue weighted by Crippen LogP contribution is 2.22. The normalized spacial score (nSPS) is 11.1. The van der Waals surface area contributed by atoms with Gasteiger partial charge in [-0.2, -0.15) is 5.10 Å². The number of rotatable bonds is 5. The molecule has 1 heterocycles. The highest BCUT2D eigenvalue weighted by atomic mass is 16.5. The molecule has 24 heavy (non-hydrogen) atoms. The number of hydrogen-bond donors (Lipinski definition) is 2. The molecular weight excluding hydrogens is 302 g/mol. The van der Waals surface area contributed by atoms with E-state index in [2.05, 4.69) is 15.5 Å². The molecule has 0 aliphatic carbocycles. The number of benzene rings is 2. The number of para-hydroxylation sites is 1. The molecule has 0 fully saturated rings. The summed E-state index contributed by atoms with van der Waals surface area (Å²) in [5.74, 6) is 0.448. The maximum absolute atomic E-state index is 11.9. The number of carbonyl (C=O) groups excluding carboxylic acids is 1. The van der Waals surface area contributed by atoms with Gasteiger partial charge in [0.25, 0.3) is 5.91 Å². The number of aromatic amines is 1. The Morgan fingerprint density at radius 2 is 1.92 bits per heavy atom. The van der Waals surface area contributed by atoms with Gasteiger partial charge in [0.15, 0.2) is 6.61 Å². The Morgan fingerprint density at radius 1 is 1.17 bits per heavy atom. The van der Waals surface area contributed by atoms with E-state index < -0.39 is 0 Å². The second-order valence-corrected chi connectivity index (χ2v) is 5.59. The van der Waals surface area contributed by atoms with Crippen molar-refractivity contribution in [3.63, 3.8) is 0 Å². The second-order valence-electron chi connectivity index (χ2n) is 5.59. The van der Waals surface area contributed by atoms with Crippen LogP contribution in [0.3, 0.4) is 0 Å². The molecule has 2 N–H and O–H groups in total. The molecule has 122 valence electrons. The van der Waals surface area contributed by atoms with E-state index >= 15 is 0 Å². The maximum Gasteiger partial charge on any atom is 0.277 e. The summed E-state index contributed by atoms with van der Waals surface area (Å²) in [6, 6.07) is 13.7. The van der Waals surface area contributed by atoms with E-state index in [0.29, 0.717) is 0 Å². The minimum absolute atomic E-state index is 0.0720. The quantitative estimate of drug-likeness (QED) is 0.559. The molecule has 0 aliphatic heterocycles. The molecule has 1 amide bonds. The van der Waals surface area contributed by atoms with Crippen LogP contribution in [0.2, 0.25) is 0 Å². The molecule has 1 aromatic heterocycles. The van der Waals surface area contributed by atoms with Gasteiger partial charge in [0.05, 0.1) is 6.21 Å². The van der Waals surface area contributed by atoms with Crippen LogP contribution >= 0.6 is 0 Å². The van der Waals surface area contributed by atoms with Gasteiger partial charge < -0.3 is 9.72 Å². The molecule has 0 aliphatic rings. The van der Waals surface area contributed by atoms with Crippen molar-refractivity contribution in [2.75, 3.05) is 6.61 Å². The first kappa shape index (κ1) is 15.8. The number of nitrogens with zero attached hydrogens (tertiary/aromatic N) is 1. The number of nitrogens with one attached hydrogen (secondary N) is 2. The molecule has 0 atom stereocenters. The van der Waals surface area contributed by atoms with Crippen molar-refractivity contribution in [3.05, 3.63) is 65.4 Å². The first-order valence-corrected chi connectivity index (χ1v) is 7.72. The molecule has 0 radical (unpaired) electrons. The van der Waals surface area contributed by atoms with Gasteiger partial charge in [-0.25, -0.2) is 5.43 Å². The molecule has 3 aromatic rings. The van der Waals surface area contributed by atoms with Crippen LogP contribution in [0.1, 0.15) is 16.7 Å². The summed E-state index contributed by atoms with van der Waals surface area (Å²) in [6.07, 6.45) is 3.51. The lowest BCUT2D eigenvalue weighted by molar-refractivity contribution is -0.123. The van der Waals surface area contributed by atoms with Gasteiger partial charge in [-0.15, -0.1) is 0 Å². The largest absolute Gasteiger partial charge is 0.483 e. The topological polar surface area (TPSA) is 66.5 Å². The lowest BCUT2D eigenvalue weighted by Crippen LogP contribution is -2.25. The van der Waals surface area contributed by atoms with Crippen LogP contribution in [0, 0.1) is 13.8 Å². The van der Waals surface area contributed by atoms with Crippen LogP contribution in [0.15, 0.2) is 53.8 Å². The summed E-state index contributed by atoms with van der Waals surface area (Å²) in [5.41, 5.74) is 6.47. The first-order valence-electron chi connectivity index (χ1n) is 7.72. The third-order valence-electron chi connectivity index (χ3n) is 3.78. The molecule has 0 unspecified atom stereocenters. The van der Waals surface area contributed by atoms with E-state index in [1.165, 1.54) is 0 Å². The summed E-state index contributed by atoms with van der Waals surface area (Å²) in [4.78, 5) is 15.0. The summed E-state index contributed by atoms with van der Waals surface area (Å²) in [5, 5.41) is 5.07. The van der Waals surface area contributed by atoms with Crippen LogP contribution in [0.25, 0.3) is 10.9 Å². The third-order valence-corrected chi connectivity index (χ3v) is 3.78. The van der Waals surface area contributed by atoms with Crippen molar-refractivity contribution in [1.82, 2.24) is 10.4 Å². The Bertz CT molecular complexity index is 876. The van der Waals surface area contributed by atoms with Crippen LogP contribution < -0.4 is 10.2 Å². The number of H-pyrrole nitrogens is 1. The van der Waals surface area contributed by atoms with Crippen molar-refractivity contribution in [3.8, 4) is 5.75 Å². The van der Waals surface area contributed by atoms with E-state index in [1.807, 2.05) is 62.5 Å². The Labute approximate surface area is 140 Å². The number of aryl methyl sites for hydroxylation is 2. The molecular formula is C19H19N3O2.